The number of rotatable bonds is 3. The summed E-state index contributed by atoms with van der Waals surface area (Å²) in [5, 5.41) is 14.3. The maximum absolute atomic E-state index is 13.2. The monoisotopic (exact) mass is 479 g/mol. The Balaban J connectivity index is 1.40. The third-order valence-corrected chi connectivity index (χ3v) is 6.82. The maximum atomic E-state index is 13.2. The lowest BCUT2D eigenvalue weighted by molar-refractivity contribution is -0.137. The van der Waals surface area contributed by atoms with Crippen molar-refractivity contribution >= 4 is 23.1 Å². The van der Waals surface area contributed by atoms with E-state index in [1.807, 2.05) is 6.92 Å². The number of hydrogen-bond acceptors (Lipinski definition) is 4. The summed E-state index contributed by atoms with van der Waals surface area (Å²) in [5.41, 5.74) is -0.284. The van der Waals surface area contributed by atoms with Crippen molar-refractivity contribution in [1.29, 1.82) is 0 Å². The van der Waals surface area contributed by atoms with Crippen LogP contribution in [-0.2, 0) is 11.8 Å². The number of halogens is 4. The van der Waals surface area contributed by atoms with Gasteiger partial charge in [0.25, 0.3) is 0 Å². The first-order valence-electron chi connectivity index (χ1n) is 10.2. The van der Waals surface area contributed by atoms with Gasteiger partial charge in [0.2, 0.25) is 0 Å². The second-order valence-corrected chi connectivity index (χ2v) is 9.16. The quantitative estimate of drug-likeness (QED) is 0.467. The Hall–Kier alpha value is -2.98. The molecule has 0 spiro atoms. The lowest BCUT2D eigenvalue weighted by atomic mass is 9.92. The third-order valence-electron chi connectivity index (χ3n) is 5.65. The zero-order chi connectivity index (χ0) is 23.8. The van der Waals surface area contributed by atoms with Crippen LogP contribution >= 0.6 is 11.3 Å². The first kappa shape index (κ1) is 23.2. The standard InChI is InChI=1S/C23H21F4N3O2S/c1-14-19(15-2-6-17(24)7-3-15)29-20(33-14)22(32)10-12-30(13-11-22)21(31)28-18-8-4-16(5-9-18)23(25,26)27/h2-9,32H,10-13H2,1H3,(H,28,31). The number of alkyl halides is 3. The van der Waals surface area contributed by atoms with Crippen LogP contribution in [0.3, 0.4) is 0 Å². The minimum Gasteiger partial charge on any atom is -0.383 e. The van der Waals surface area contributed by atoms with Crippen LogP contribution in [0.5, 0.6) is 0 Å². The number of carbonyl (C=O) groups excluding carboxylic acids is 1. The Morgan fingerprint density at radius 3 is 2.27 bits per heavy atom. The van der Waals surface area contributed by atoms with Gasteiger partial charge in [-0.15, -0.1) is 11.3 Å². The van der Waals surface area contributed by atoms with Gasteiger partial charge in [-0.25, -0.2) is 14.2 Å². The lowest BCUT2D eigenvalue weighted by Gasteiger charge is -2.36. The molecular formula is C23H21F4N3O2S. The van der Waals surface area contributed by atoms with Gasteiger partial charge in [0.1, 0.15) is 16.4 Å². The molecule has 1 aliphatic heterocycles. The van der Waals surface area contributed by atoms with E-state index in [0.29, 0.717) is 10.7 Å². The van der Waals surface area contributed by atoms with Crippen LogP contribution in [0.15, 0.2) is 48.5 Å². The van der Waals surface area contributed by atoms with Crippen molar-refractivity contribution in [3.05, 3.63) is 69.8 Å². The molecule has 1 aliphatic rings. The molecule has 2 heterocycles. The Bertz CT molecular complexity index is 1140. The molecule has 33 heavy (non-hydrogen) atoms. The van der Waals surface area contributed by atoms with Crippen LogP contribution in [0.1, 0.15) is 28.3 Å². The highest BCUT2D eigenvalue weighted by Gasteiger charge is 2.38. The first-order chi connectivity index (χ1) is 15.5. The Labute approximate surface area is 191 Å². The number of amides is 2. The second-order valence-electron chi connectivity index (χ2n) is 7.95. The SMILES string of the molecule is Cc1sc(C2(O)CCN(C(=O)Nc3ccc(C(F)(F)F)cc3)CC2)nc1-c1ccc(F)cc1. The highest BCUT2D eigenvalue weighted by atomic mass is 32.1. The molecule has 0 aliphatic carbocycles. The van der Waals surface area contributed by atoms with Crippen LogP contribution in [-0.4, -0.2) is 34.1 Å². The number of anilines is 1. The van der Waals surface area contributed by atoms with E-state index in [2.05, 4.69) is 10.3 Å². The molecule has 5 nitrogen and oxygen atoms in total. The summed E-state index contributed by atoms with van der Waals surface area (Å²) >= 11 is 1.37. The molecule has 174 valence electrons. The van der Waals surface area contributed by atoms with Gasteiger partial charge in [-0.1, -0.05) is 0 Å². The summed E-state index contributed by atoms with van der Waals surface area (Å²) < 4.78 is 51.3. The van der Waals surface area contributed by atoms with Gasteiger partial charge in [0.05, 0.1) is 11.3 Å². The van der Waals surface area contributed by atoms with E-state index < -0.39 is 23.4 Å². The summed E-state index contributed by atoms with van der Waals surface area (Å²) in [4.78, 5) is 19.5. The van der Waals surface area contributed by atoms with Crippen molar-refractivity contribution in [2.75, 3.05) is 18.4 Å². The van der Waals surface area contributed by atoms with Crippen molar-refractivity contribution < 1.29 is 27.5 Å². The molecule has 0 bridgehead atoms. The Morgan fingerprint density at radius 1 is 1.09 bits per heavy atom. The molecule has 3 aromatic rings. The summed E-state index contributed by atoms with van der Waals surface area (Å²) in [6, 6.07) is 9.78. The normalized spacial score (nSPS) is 16.0. The molecule has 0 radical (unpaired) electrons. The molecule has 0 unspecified atom stereocenters. The molecule has 10 heteroatoms. The third kappa shape index (κ3) is 5.01. The average molecular weight is 479 g/mol. The van der Waals surface area contributed by atoms with E-state index in [9.17, 15) is 27.5 Å². The van der Waals surface area contributed by atoms with Crippen molar-refractivity contribution in [3.63, 3.8) is 0 Å². The summed E-state index contributed by atoms with van der Waals surface area (Å²) in [6.07, 6.45) is -3.91. The fourth-order valence-electron chi connectivity index (χ4n) is 3.71. The number of piperidine rings is 1. The van der Waals surface area contributed by atoms with Gasteiger partial charge < -0.3 is 15.3 Å². The predicted molar refractivity (Wildman–Crippen MR) is 117 cm³/mol. The van der Waals surface area contributed by atoms with E-state index >= 15 is 0 Å². The minimum absolute atomic E-state index is 0.257. The number of benzene rings is 2. The number of aromatic nitrogens is 1. The van der Waals surface area contributed by atoms with Gasteiger partial charge in [-0.2, -0.15) is 13.2 Å². The maximum Gasteiger partial charge on any atom is 0.416 e. The molecule has 1 aromatic heterocycles. The fraction of sp³-hybridized carbons (Fsp3) is 0.304. The predicted octanol–water partition coefficient (Wildman–Crippen LogP) is 5.79. The van der Waals surface area contributed by atoms with E-state index in [0.717, 1.165) is 22.6 Å². The smallest absolute Gasteiger partial charge is 0.383 e. The average Bonchev–Trinajstić information content (AvgIpc) is 3.17. The number of nitrogens with zero attached hydrogens (tertiary/aromatic N) is 2. The van der Waals surface area contributed by atoms with Crippen LogP contribution < -0.4 is 5.32 Å². The number of aryl methyl sites for hydroxylation is 1. The van der Waals surface area contributed by atoms with Crippen LogP contribution in [0.25, 0.3) is 11.3 Å². The number of hydrogen-bond donors (Lipinski definition) is 2. The molecule has 2 aromatic carbocycles. The molecular weight excluding hydrogens is 458 g/mol. The van der Waals surface area contributed by atoms with Crippen molar-refractivity contribution in [2.24, 2.45) is 0 Å². The molecule has 0 atom stereocenters. The Morgan fingerprint density at radius 2 is 1.70 bits per heavy atom. The number of aliphatic hydroxyl groups is 1. The number of nitrogens with one attached hydrogen (secondary N) is 1. The van der Waals surface area contributed by atoms with E-state index in [-0.39, 0.29) is 37.4 Å². The summed E-state index contributed by atoms with van der Waals surface area (Å²) in [7, 11) is 0. The van der Waals surface area contributed by atoms with Crippen molar-refractivity contribution in [3.8, 4) is 11.3 Å². The van der Waals surface area contributed by atoms with Crippen LogP contribution in [0.2, 0.25) is 0 Å². The van der Waals surface area contributed by atoms with Gasteiger partial charge >= 0.3 is 12.2 Å². The van der Waals surface area contributed by atoms with Gasteiger partial charge in [-0.3, -0.25) is 0 Å². The number of likely N-dealkylation sites (tertiary alicyclic amines) is 1. The van der Waals surface area contributed by atoms with Crippen LogP contribution in [0.4, 0.5) is 28.0 Å². The Kier molecular flexibility index (Phi) is 6.15. The summed E-state index contributed by atoms with van der Waals surface area (Å²) in [6.45, 7) is 2.40. The van der Waals surface area contributed by atoms with Gasteiger partial charge in [0.15, 0.2) is 0 Å². The fourth-order valence-corrected chi connectivity index (χ4v) is 4.79. The van der Waals surface area contributed by atoms with Crippen LogP contribution in [0, 0.1) is 12.7 Å². The molecule has 2 amide bonds. The molecule has 2 N–H and O–H groups in total. The summed E-state index contributed by atoms with van der Waals surface area (Å²) in [5.74, 6) is -0.340. The van der Waals surface area contributed by atoms with Crippen molar-refractivity contribution in [2.45, 2.75) is 31.5 Å². The highest BCUT2D eigenvalue weighted by molar-refractivity contribution is 7.12. The molecule has 4 rings (SSSR count). The number of thiazole rings is 1. The molecule has 0 saturated carbocycles. The largest absolute Gasteiger partial charge is 0.416 e. The number of urea groups is 1. The molecule has 1 fully saturated rings. The van der Waals surface area contributed by atoms with Crippen molar-refractivity contribution in [1.82, 2.24) is 9.88 Å². The topological polar surface area (TPSA) is 65.5 Å². The van der Waals surface area contributed by atoms with Gasteiger partial charge in [-0.05, 0) is 55.5 Å². The minimum atomic E-state index is -4.44. The first-order valence-corrected chi connectivity index (χ1v) is 11.1. The number of carbonyl (C=O) groups is 1. The van der Waals surface area contributed by atoms with Gasteiger partial charge in [0, 0.05) is 42.1 Å². The highest BCUT2D eigenvalue weighted by Crippen LogP contribution is 2.39. The van der Waals surface area contributed by atoms with E-state index in [4.69, 9.17) is 0 Å². The molecule has 1 saturated heterocycles. The van der Waals surface area contributed by atoms with E-state index in [1.54, 1.807) is 12.1 Å². The zero-order valence-electron chi connectivity index (χ0n) is 17.6. The van der Waals surface area contributed by atoms with E-state index in [1.165, 1.54) is 40.5 Å². The second kappa shape index (κ2) is 8.75. The zero-order valence-corrected chi connectivity index (χ0v) is 18.4. The lowest BCUT2D eigenvalue weighted by Crippen LogP contribution is -2.46.